The summed E-state index contributed by atoms with van der Waals surface area (Å²) in [5.41, 5.74) is 0. The minimum atomic E-state index is -2.40. The zero-order chi connectivity index (χ0) is 15.0. The zero-order valence-electron chi connectivity index (χ0n) is 9.39. The second-order valence-electron chi connectivity index (χ2n) is 3.67. The number of halogens is 6. The van der Waals surface area contributed by atoms with Crippen molar-refractivity contribution in [1.82, 2.24) is 0 Å². The minimum Gasteiger partial charge on any atom is -0.249 e. The molecule has 2 aromatic rings. The molecule has 0 amide bonds. The Bertz CT molecular complexity index is 610. The highest BCUT2D eigenvalue weighted by Gasteiger charge is 2.18. The third-order valence-corrected chi connectivity index (χ3v) is 3.67. The molecule has 20 heavy (non-hydrogen) atoms. The van der Waals surface area contributed by atoms with Crippen molar-refractivity contribution in [3.63, 3.8) is 0 Å². The minimum absolute atomic E-state index is 0.424. The Labute approximate surface area is 111 Å². The lowest BCUT2D eigenvalue weighted by Gasteiger charge is -2.05. The van der Waals surface area contributed by atoms with E-state index in [1.165, 1.54) is 0 Å². The van der Waals surface area contributed by atoms with Gasteiger partial charge >= 0.3 is 0 Å². The van der Waals surface area contributed by atoms with Gasteiger partial charge in [0.2, 0.25) is 0 Å². The van der Waals surface area contributed by atoms with E-state index in [0.717, 1.165) is 0 Å². The average Bonchev–Trinajstić information content (AvgIpc) is 2.40. The van der Waals surface area contributed by atoms with Gasteiger partial charge in [-0.1, -0.05) is 0 Å². The van der Waals surface area contributed by atoms with Gasteiger partial charge in [0, 0.05) is 9.79 Å². The van der Waals surface area contributed by atoms with E-state index in [1.807, 2.05) is 0 Å². The van der Waals surface area contributed by atoms with Crippen LogP contribution in [0.5, 0.6) is 0 Å². The van der Waals surface area contributed by atoms with Crippen molar-refractivity contribution in [3.05, 3.63) is 59.2 Å². The summed E-state index contributed by atoms with van der Waals surface area (Å²) in [6.07, 6.45) is 0. The average molecular weight is 310 g/mol. The fraction of sp³-hybridized carbons (Fsp3) is 0. The Morgan fingerprint density at radius 2 is 0.850 bits per heavy atom. The number of benzene rings is 2. The first kappa shape index (κ1) is 14.6. The Hall–Kier alpha value is -1.83. The third-order valence-electron chi connectivity index (χ3n) is 2.34. The van der Waals surface area contributed by atoms with Crippen molar-refractivity contribution in [2.24, 2.45) is 0 Å². The molecule has 0 aliphatic carbocycles. The Morgan fingerprint density at radius 1 is 0.600 bits per heavy atom. The van der Waals surface area contributed by atoms with Crippen LogP contribution in [0.25, 0.3) is 0 Å². The fourth-order valence-electron chi connectivity index (χ4n) is 1.41. The van der Waals surface area contributed by atoms with E-state index >= 15 is 0 Å². The van der Waals surface area contributed by atoms with Gasteiger partial charge in [-0.05, 0) is 24.3 Å². The lowest BCUT2D eigenvalue weighted by atomic mass is 10.3. The maximum atomic E-state index is 13.0. The summed E-state index contributed by atoms with van der Waals surface area (Å²) in [5, 5.41) is 0. The molecule has 0 aliphatic rings. The van der Waals surface area contributed by atoms with Crippen LogP contribution in [0.4, 0.5) is 26.3 Å². The highest BCUT2D eigenvalue weighted by atomic mass is 32.2. The molecule has 0 saturated carbocycles. The maximum absolute atomic E-state index is 13.0. The molecule has 0 atom stereocenters. The number of hydrogen-bond acceptors (Lipinski definition) is 1. The summed E-state index contributed by atoms with van der Waals surface area (Å²) in [4.78, 5) is -1.10. The lowest BCUT2D eigenvalue weighted by molar-refractivity contribution is 0.442. The molecule has 106 valence electrons. The van der Waals surface area contributed by atoms with Gasteiger partial charge in [-0.25, -0.2) is 30.6 Å². The molecule has 0 unspecified atom stereocenters. The van der Waals surface area contributed by atoms with Gasteiger partial charge in [0.05, 0.1) is 10.8 Å². The Morgan fingerprint density at radius 3 is 1.10 bits per heavy atom. The molecule has 2 aromatic carbocycles. The molecule has 0 aromatic heterocycles. The predicted molar refractivity (Wildman–Crippen MR) is 57.3 cm³/mol. The van der Waals surface area contributed by atoms with E-state index in [1.54, 1.807) is 0 Å². The van der Waals surface area contributed by atoms with Crippen LogP contribution < -0.4 is 0 Å². The first-order valence-electron chi connectivity index (χ1n) is 5.02. The molecule has 2 rings (SSSR count). The molecule has 0 heterocycles. The summed E-state index contributed by atoms with van der Waals surface area (Å²) < 4.78 is 89.3. The van der Waals surface area contributed by atoms with Crippen LogP contribution in [0, 0.1) is 34.9 Å². The second kappa shape index (κ2) is 5.28. The molecule has 0 radical (unpaired) electrons. The van der Waals surface area contributed by atoms with Crippen molar-refractivity contribution in [2.45, 2.75) is 9.79 Å². The fourth-order valence-corrected chi connectivity index (χ4v) is 2.53. The van der Waals surface area contributed by atoms with Crippen LogP contribution >= 0.6 is 0 Å². The largest absolute Gasteiger partial charge is 0.249 e. The molecule has 0 fully saturated rings. The van der Waals surface area contributed by atoms with Gasteiger partial charge in [-0.15, -0.1) is 0 Å². The molecule has 0 aliphatic heterocycles. The Kier molecular flexibility index (Phi) is 3.85. The zero-order valence-corrected chi connectivity index (χ0v) is 10.2. The van der Waals surface area contributed by atoms with Crippen molar-refractivity contribution in [3.8, 4) is 0 Å². The van der Waals surface area contributed by atoms with Crippen molar-refractivity contribution in [2.75, 3.05) is 0 Å². The summed E-state index contributed by atoms with van der Waals surface area (Å²) in [5.74, 6) is -9.93. The van der Waals surface area contributed by atoms with Crippen LogP contribution in [-0.2, 0) is 10.8 Å². The van der Waals surface area contributed by atoms with Gasteiger partial charge in [0.15, 0.2) is 34.9 Å². The van der Waals surface area contributed by atoms with E-state index in [0.29, 0.717) is 24.3 Å². The molecule has 0 bridgehead atoms. The number of rotatable bonds is 2. The van der Waals surface area contributed by atoms with E-state index in [2.05, 4.69) is 0 Å². The van der Waals surface area contributed by atoms with Gasteiger partial charge in [-0.2, -0.15) is 0 Å². The molecular weight excluding hydrogens is 306 g/mol. The summed E-state index contributed by atoms with van der Waals surface area (Å²) >= 11 is 0. The Balaban J connectivity index is 2.52. The van der Waals surface area contributed by atoms with Gasteiger partial charge < -0.3 is 0 Å². The van der Waals surface area contributed by atoms with E-state index in [9.17, 15) is 30.6 Å². The normalized spacial score (nSPS) is 11.2. The lowest BCUT2D eigenvalue weighted by Crippen LogP contribution is -2.01. The molecule has 0 spiro atoms. The molecular formula is C12H4F6OS. The SMILES string of the molecule is O=S(c1cc(F)c(F)c(F)c1)c1cc(F)c(F)c(F)c1. The van der Waals surface area contributed by atoms with Gasteiger partial charge in [-0.3, -0.25) is 0 Å². The second-order valence-corrected chi connectivity index (χ2v) is 5.15. The van der Waals surface area contributed by atoms with Crippen molar-refractivity contribution < 1.29 is 30.6 Å². The van der Waals surface area contributed by atoms with Crippen LogP contribution in [0.2, 0.25) is 0 Å². The van der Waals surface area contributed by atoms with Crippen LogP contribution in [0.15, 0.2) is 34.1 Å². The maximum Gasteiger partial charge on any atom is 0.194 e. The number of hydrogen-bond donors (Lipinski definition) is 0. The summed E-state index contributed by atoms with van der Waals surface area (Å²) in [7, 11) is -2.40. The van der Waals surface area contributed by atoms with E-state index in [4.69, 9.17) is 0 Å². The molecule has 1 nitrogen and oxygen atoms in total. The standard InChI is InChI=1S/C12H4F6OS/c13-7-1-5(2-8(14)11(7)17)20(19)6-3-9(15)12(18)10(16)4-6/h1-4H. The van der Waals surface area contributed by atoms with Crippen LogP contribution in [0.1, 0.15) is 0 Å². The highest BCUT2D eigenvalue weighted by Crippen LogP contribution is 2.23. The monoisotopic (exact) mass is 310 g/mol. The van der Waals surface area contributed by atoms with E-state index < -0.39 is 55.5 Å². The predicted octanol–water partition coefficient (Wildman–Crippen LogP) is 3.69. The van der Waals surface area contributed by atoms with Gasteiger partial charge in [0.25, 0.3) is 0 Å². The van der Waals surface area contributed by atoms with Crippen molar-refractivity contribution >= 4 is 10.8 Å². The summed E-state index contributed by atoms with van der Waals surface area (Å²) in [6, 6.07) is 1.70. The summed E-state index contributed by atoms with van der Waals surface area (Å²) in [6.45, 7) is 0. The van der Waals surface area contributed by atoms with Crippen LogP contribution in [-0.4, -0.2) is 4.21 Å². The van der Waals surface area contributed by atoms with Crippen LogP contribution in [0.3, 0.4) is 0 Å². The van der Waals surface area contributed by atoms with E-state index in [-0.39, 0.29) is 0 Å². The molecule has 0 N–H and O–H groups in total. The highest BCUT2D eigenvalue weighted by molar-refractivity contribution is 7.85. The molecule has 0 saturated heterocycles. The third kappa shape index (κ3) is 2.55. The smallest absolute Gasteiger partial charge is 0.194 e. The topological polar surface area (TPSA) is 17.1 Å². The quantitative estimate of drug-likeness (QED) is 0.611. The first-order valence-corrected chi connectivity index (χ1v) is 6.17. The first-order chi connectivity index (χ1) is 9.31. The molecule has 8 heteroatoms. The van der Waals surface area contributed by atoms with Gasteiger partial charge in [0.1, 0.15) is 0 Å². The van der Waals surface area contributed by atoms with Crippen molar-refractivity contribution in [1.29, 1.82) is 0 Å².